The van der Waals surface area contributed by atoms with Gasteiger partial charge in [-0.15, -0.1) is 23.1 Å². The lowest BCUT2D eigenvalue weighted by Crippen LogP contribution is -2.39. The molecule has 5 nitrogen and oxygen atoms in total. The maximum absolute atomic E-state index is 12.0. The van der Waals surface area contributed by atoms with Crippen LogP contribution in [0.2, 0.25) is 0 Å². The Morgan fingerprint density at radius 3 is 2.94 bits per heavy atom. The Morgan fingerprint density at radius 1 is 1.61 bits per heavy atom. The topological polar surface area (TPSA) is 79.3 Å². The molecule has 1 aliphatic rings. The molecule has 1 aliphatic heterocycles. The van der Waals surface area contributed by atoms with Crippen molar-refractivity contribution in [1.82, 2.24) is 10.3 Å². The summed E-state index contributed by atoms with van der Waals surface area (Å²) in [6, 6.07) is 0. The van der Waals surface area contributed by atoms with Crippen molar-refractivity contribution in [2.45, 2.75) is 31.1 Å². The van der Waals surface area contributed by atoms with Gasteiger partial charge in [0, 0.05) is 5.38 Å². The Labute approximate surface area is 113 Å². The summed E-state index contributed by atoms with van der Waals surface area (Å²) in [6.07, 6.45) is 1.96. The first-order valence-electron chi connectivity index (χ1n) is 5.61. The molecule has 0 radical (unpaired) electrons. The van der Waals surface area contributed by atoms with E-state index in [0.717, 1.165) is 18.6 Å². The summed E-state index contributed by atoms with van der Waals surface area (Å²) in [5.74, 6) is -0.0103. The Morgan fingerprint density at radius 2 is 2.39 bits per heavy atom. The predicted octanol–water partition coefficient (Wildman–Crippen LogP) is 1.74. The normalized spacial score (nSPS) is 22.9. The average molecular weight is 286 g/mol. The minimum atomic E-state index is -1.04. The summed E-state index contributed by atoms with van der Waals surface area (Å²) in [7, 11) is 0. The van der Waals surface area contributed by atoms with Crippen molar-refractivity contribution in [2.75, 3.05) is 5.75 Å². The van der Waals surface area contributed by atoms with Gasteiger partial charge < -0.3 is 10.4 Å². The molecule has 1 atom stereocenters. The van der Waals surface area contributed by atoms with Crippen molar-refractivity contribution in [3.8, 4) is 0 Å². The monoisotopic (exact) mass is 286 g/mol. The van der Waals surface area contributed by atoms with Crippen LogP contribution in [0.15, 0.2) is 5.38 Å². The van der Waals surface area contributed by atoms with Gasteiger partial charge in [-0.25, -0.2) is 9.78 Å². The summed E-state index contributed by atoms with van der Waals surface area (Å²) in [5.41, 5.74) is 0.0331. The lowest BCUT2D eigenvalue weighted by molar-refractivity contribution is -0.123. The molecule has 1 fully saturated rings. The van der Waals surface area contributed by atoms with Crippen LogP contribution in [0.5, 0.6) is 0 Å². The first kappa shape index (κ1) is 13.4. The number of hydrogen-bond donors (Lipinski definition) is 2. The molecule has 2 N–H and O–H groups in total. The van der Waals surface area contributed by atoms with E-state index in [1.165, 1.54) is 16.7 Å². The van der Waals surface area contributed by atoms with E-state index in [1.807, 2.05) is 6.92 Å². The van der Waals surface area contributed by atoms with Crippen molar-refractivity contribution in [1.29, 1.82) is 0 Å². The summed E-state index contributed by atoms with van der Waals surface area (Å²) in [5, 5.41) is 13.7. The fourth-order valence-electron chi connectivity index (χ4n) is 1.79. The lowest BCUT2D eigenvalue weighted by Gasteiger charge is -2.20. The molecular formula is C11H14N2O3S2. The van der Waals surface area contributed by atoms with Crippen LogP contribution in [-0.2, 0) is 11.3 Å². The molecule has 1 aromatic heterocycles. The van der Waals surface area contributed by atoms with Crippen molar-refractivity contribution in [3.05, 3.63) is 16.1 Å². The Balaban J connectivity index is 1.90. The lowest BCUT2D eigenvalue weighted by atomic mass is 10.1. The summed E-state index contributed by atoms with van der Waals surface area (Å²) < 4.78 is -0.340. The van der Waals surface area contributed by atoms with E-state index in [4.69, 9.17) is 5.11 Å². The van der Waals surface area contributed by atoms with Gasteiger partial charge in [0.25, 0.3) is 0 Å². The number of carboxylic acid groups (broad SMARTS) is 1. The molecule has 2 heterocycles. The third kappa shape index (κ3) is 2.84. The van der Waals surface area contributed by atoms with Gasteiger partial charge in [-0.2, -0.15) is 0 Å². The van der Waals surface area contributed by atoms with E-state index in [-0.39, 0.29) is 16.3 Å². The van der Waals surface area contributed by atoms with Crippen LogP contribution in [0.25, 0.3) is 0 Å². The van der Waals surface area contributed by atoms with Crippen LogP contribution in [0.1, 0.15) is 35.3 Å². The van der Waals surface area contributed by atoms with Crippen LogP contribution in [0, 0.1) is 0 Å². The molecule has 0 saturated carbocycles. The van der Waals surface area contributed by atoms with E-state index in [0.29, 0.717) is 11.6 Å². The van der Waals surface area contributed by atoms with Crippen molar-refractivity contribution >= 4 is 35.0 Å². The molecule has 0 spiro atoms. The molecule has 1 amide bonds. The van der Waals surface area contributed by atoms with Gasteiger partial charge in [0.15, 0.2) is 5.69 Å². The first-order chi connectivity index (χ1) is 8.51. The zero-order chi connectivity index (χ0) is 13.2. The largest absolute Gasteiger partial charge is 0.476 e. The van der Waals surface area contributed by atoms with E-state index in [2.05, 4.69) is 10.3 Å². The van der Waals surface area contributed by atoms with Crippen molar-refractivity contribution in [2.24, 2.45) is 0 Å². The molecule has 98 valence electrons. The van der Waals surface area contributed by atoms with E-state index < -0.39 is 5.97 Å². The first-order valence-corrected chi connectivity index (χ1v) is 7.48. The van der Waals surface area contributed by atoms with Gasteiger partial charge in [-0.3, -0.25) is 4.79 Å². The second-order valence-corrected chi connectivity index (χ2v) is 6.84. The smallest absolute Gasteiger partial charge is 0.355 e. The predicted molar refractivity (Wildman–Crippen MR) is 71.0 cm³/mol. The molecule has 0 aliphatic carbocycles. The zero-order valence-corrected chi connectivity index (χ0v) is 11.6. The van der Waals surface area contributed by atoms with E-state index in [9.17, 15) is 9.59 Å². The SMILES string of the molecule is CC1(C(=O)NCc2nc(C(=O)O)cs2)CCCS1. The number of nitrogens with one attached hydrogen (secondary N) is 1. The highest BCUT2D eigenvalue weighted by Gasteiger charge is 2.36. The number of thiazole rings is 1. The number of carboxylic acids is 1. The second kappa shape index (κ2) is 5.27. The molecule has 1 saturated heterocycles. The molecule has 18 heavy (non-hydrogen) atoms. The third-order valence-electron chi connectivity index (χ3n) is 2.87. The minimum absolute atomic E-state index is 0.0112. The number of thioether (sulfide) groups is 1. The van der Waals surface area contributed by atoms with Gasteiger partial charge >= 0.3 is 5.97 Å². The minimum Gasteiger partial charge on any atom is -0.476 e. The highest BCUT2D eigenvalue weighted by molar-refractivity contribution is 8.01. The molecule has 1 aromatic rings. The Hall–Kier alpha value is -1.08. The zero-order valence-electron chi connectivity index (χ0n) is 9.93. The number of nitrogens with zero attached hydrogens (tertiary/aromatic N) is 1. The fourth-order valence-corrected chi connectivity index (χ4v) is 3.73. The van der Waals surface area contributed by atoms with Gasteiger partial charge in [0.1, 0.15) is 5.01 Å². The van der Waals surface area contributed by atoms with E-state index >= 15 is 0 Å². The quantitative estimate of drug-likeness (QED) is 0.881. The number of hydrogen-bond acceptors (Lipinski definition) is 5. The van der Waals surface area contributed by atoms with Crippen LogP contribution in [0.3, 0.4) is 0 Å². The second-order valence-electron chi connectivity index (χ2n) is 4.30. The van der Waals surface area contributed by atoms with Crippen molar-refractivity contribution < 1.29 is 14.7 Å². The summed E-state index contributed by atoms with van der Waals surface area (Å²) in [6.45, 7) is 2.25. The Bertz CT molecular complexity index is 467. The fraction of sp³-hybridized carbons (Fsp3) is 0.545. The molecule has 7 heteroatoms. The number of carbonyl (C=O) groups excluding carboxylic acids is 1. The highest BCUT2D eigenvalue weighted by atomic mass is 32.2. The van der Waals surface area contributed by atoms with Gasteiger partial charge in [0.2, 0.25) is 5.91 Å². The summed E-state index contributed by atoms with van der Waals surface area (Å²) >= 11 is 2.92. The standard InChI is InChI=1S/C11H14N2O3S2/c1-11(3-2-4-18-11)10(16)12-5-8-13-7(6-17-8)9(14)15/h6H,2-5H2,1H3,(H,12,16)(H,14,15). The van der Waals surface area contributed by atoms with Gasteiger partial charge in [-0.1, -0.05) is 0 Å². The van der Waals surface area contributed by atoms with Gasteiger partial charge in [0.05, 0.1) is 11.3 Å². The highest BCUT2D eigenvalue weighted by Crippen LogP contribution is 2.37. The van der Waals surface area contributed by atoms with Gasteiger partial charge in [-0.05, 0) is 25.5 Å². The average Bonchev–Trinajstić information content (AvgIpc) is 2.95. The number of carbonyl (C=O) groups is 2. The maximum atomic E-state index is 12.0. The van der Waals surface area contributed by atoms with Crippen LogP contribution < -0.4 is 5.32 Å². The maximum Gasteiger partial charge on any atom is 0.355 e. The molecule has 1 unspecified atom stereocenters. The third-order valence-corrected chi connectivity index (χ3v) is 5.24. The van der Waals surface area contributed by atoms with Crippen LogP contribution in [0.4, 0.5) is 0 Å². The number of rotatable bonds is 4. The number of aromatic carboxylic acids is 1. The molecule has 2 rings (SSSR count). The molecular weight excluding hydrogens is 272 g/mol. The summed E-state index contributed by atoms with van der Waals surface area (Å²) in [4.78, 5) is 26.6. The molecule has 0 aromatic carbocycles. The molecule has 0 bridgehead atoms. The van der Waals surface area contributed by atoms with Crippen LogP contribution in [-0.4, -0.2) is 32.5 Å². The van der Waals surface area contributed by atoms with Crippen molar-refractivity contribution in [3.63, 3.8) is 0 Å². The van der Waals surface area contributed by atoms with E-state index in [1.54, 1.807) is 11.8 Å². The number of aromatic nitrogens is 1. The number of amides is 1. The Kier molecular flexibility index (Phi) is 3.91. The van der Waals surface area contributed by atoms with Crippen LogP contribution >= 0.6 is 23.1 Å².